The largest absolute Gasteiger partial charge is 0.389 e. The van der Waals surface area contributed by atoms with Crippen LogP contribution in [0.5, 0.6) is 0 Å². The molecule has 0 aromatic heterocycles. The monoisotopic (exact) mass is 252 g/mol. The van der Waals surface area contributed by atoms with Crippen LogP contribution < -0.4 is 5.32 Å². The molecule has 0 saturated carbocycles. The number of nitrogens with one attached hydrogen (secondary N) is 1. The maximum absolute atomic E-state index is 12.9. The number of hydrogen-bond acceptors (Lipinski definition) is 3. The second-order valence-electron chi connectivity index (χ2n) is 4.15. The summed E-state index contributed by atoms with van der Waals surface area (Å²) in [5.41, 5.74) is 0.173. The first-order chi connectivity index (χ1) is 8.56. The molecule has 1 aliphatic rings. The number of benzene rings is 1. The molecule has 18 heavy (non-hydrogen) atoms. The number of aliphatic hydroxyl groups excluding tert-OH is 1. The highest BCUT2D eigenvalue weighted by molar-refractivity contribution is 5.96. The smallest absolute Gasteiger partial charge is 0.251 e. The summed E-state index contributed by atoms with van der Waals surface area (Å²) in [4.78, 5) is 24.5. The summed E-state index contributed by atoms with van der Waals surface area (Å²) in [6.07, 6.45) is -0.465. The molecule has 0 unspecified atom stereocenters. The molecule has 5 nitrogen and oxygen atoms in total. The van der Waals surface area contributed by atoms with Gasteiger partial charge >= 0.3 is 0 Å². The van der Waals surface area contributed by atoms with Gasteiger partial charge in [0.25, 0.3) is 5.91 Å². The second-order valence-corrected chi connectivity index (χ2v) is 4.15. The molecule has 0 spiro atoms. The van der Waals surface area contributed by atoms with Crippen LogP contribution in [0.15, 0.2) is 24.3 Å². The summed E-state index contributed by atoms with van der Waals surface area (Å²) in [6, 6.07) is 5.24. The lowest BCUT2D eigenvalue weighted by Crippen LogP contribution is -2.55. The van der Waals surface area contributed by atoms with E-state index in [0.717, 1.165) is 6.07 Å². The van der Waals surface area contributed by atoms with Crippen molar-refractivity contribution >= 4 is 11.8 Å². The van der Waals surface area contributed by atoms with E-state index in [2.05, 4.69) is 5.32 Å². The number of β-amino-alcohol motifs (C(OH)–C–C–N with tert-alkyl or cyclic N) is 1. The van der Waals surface area contributed by atoms with Crippen molar-refractivity contribution in [2.45, 2.75) is 6.10 Å². The summed E-state index contributed by atoms with van der Waals surface area (Å²) in [5.74, 6) is -1.26. The van der Waals surface area contributed by atoms with Crippen molar-refractivity contribution in [2.24, 2.45) is 0 Å². The van der Waals surface area contributed by atoms with E-state index in [9.17, 15) is 14.0 Å². The van der Waals surface area contributed by atoms with Crippen molar-refractivity contribution in [3.05, 3.63) is 35.6 Å². The summed E-state index contributed by atoms with van der Waals surface area (Å²) in [5, 5.41) is 11.4. The minimum atomic E-state index is -0.500. The van der Waals surface area contributed by atoms with E-state index in [1.54, 1.807) is 0 Å². The minimum Gasteiger partial charge on any atom is -0.389 e. The van der Waals surface area contributed by atoms with E-state index in [-0.39, 0.29) is 18.0 Å². The quantitative estimate of drug-likeness (QED) is 0.780. The third kappa shape index (κ3) is 2.84. The van der Waals surface area contributed by atoms with Crippen LogP contribution in [-0.4, -0.2) is 47.6 Å². The van der Waals surface area contributed by atoms with Gasteiger partial charge in [0, 0.05) is 18.7 Å². The maximum atomic E-state index is 12.9. The number of halogens is 1. The number of amides is 2. The van der Waals surface area contributed by atoms with Crippen molar-refractivity contribution in [3.63, 3.8) is 0 Å². The SMILES string of the molecule is O=C(NCC(=O)N1CC(O)C1)c1cccc(F)c1. The number of likely N-dealkylation sites (tertiary alicyclic amines) is 1. The molecule has 0 atom stereocenters. The summed E-state index contributed by atoms with van der Waals surface area (Å²) < 4.78 is 12.9. The lowest BCUT2D eigenvalue weighted by atomic mass is 10.1. The normalized spacial score (nSPS) is 15.1. The predicted octanol–water partition coefficient (Wildman–Crippen LogP) is -0.241. The van der Waals surface area contributed by atoms with Gasteiger partial charge in [-0.15, -0.1) is 0 Å². The van der Waals surface area contributed by atoms with Crippen LogP contribution in [0.3, 0.4) is 0 Å². The molecule has 0 aliphatic carbocycles. The first kappa shape index (κ1) is 12.5. The fourth-order valence-corrected chi connectivity index (χ4v) is 1.66. The summed E-state index contributed by atoms with van der Waals surface area (Å²) in [7, 11) is 0. The van der Waals surface area contributed by atoms with Crippen molar-refractivity contribution in [1.29, 1.82) is 0 Å². The van der Waals surface area contributed by atoms with Gasteiger partial charge in [-0.05, 0) is 18.2 Å². The minimum absolute atomic E-state index is 0.151. The lowest BCUT2D eigenvalue weighted by molar-refractivity contribution is -0.140. The van der Waals surface area contributed by atoms with Crippen LogP contribution in [0.4, 0.5) is 4.39 Å². The average molecular weight is 252 g/mol. The number of hydrogen-bond donors (Lipinski definition) is 2. The first-order valence-electron chi connectivity index (χ1n) is 5.56. The fourth-order valence-electron chi connectivity index (χ4n) is 1.66. The molecular formula is C12H13FN2O3. The van der Waals surface area contributed by atoms with E-state index in [1.165, 1.54) is 23.1 Å². The Morgan fingerprint density at radius 3 is 2.78 bits per heavy atom. The number of aliphatic hydroxyl groups is 1. The van der Waals surface area contributed by atoms with E-state index in [1.807, 2.05) is 0 Å². The maximum Gasteiger partial charge on any atom is 0.251 e. The van der Waals surface area contributed by atoms with Gasteiger partial charge in [0.2, 0.25) is 5.91 Å². The van der Waals surface area contributed by atoms with E-state index in [4.69, 9.17) is 5.11 Å². The standard InChI is InChI=1S/C12H13FN2O3/c13-9-3-1-2-8(4-9)12(18)14-5-11(17)15-6-10(16)7-15/h1-4,10,16H,5-7H2,(H,14,18). The van der Waals surface area contributed by atoms with Crippen molar-refractivity contribution in [3.8, 4) is 0 Å². The van der Waals surface area contributed by atoms with Crippen LogP contribution in [0.1, 0.15) is 10.4 Å². The fraction of sp³-hybridized carbons (Fsp3) is 0.333. The molecule has 2 N–H and O–H groups in total. The van der Waals surface area contributed by atoms with Crippen molar-refractivity contribution in [1.82, 2.24) is 10.2 Å². The molecule has 0 radical (unpaired) electrons. The first-order valence-corrected chi connectivity index (χ1v) is 5.56. The van der Waals surface area contributed by atoms with Crippen LogP contribution >= 0.6 is 0 Å². The zero-order valence-corrected chi connectivity index (χ0v) is 9.60. The van der Waals surface area contributed by atoms with Crippen LogP contribution in [-0.2, 0) is 4.79 Å². The molecule has 1 saturated heterocycles. The second kappa shape index (κ2) is 5.14. The van der Waals surface area contributed by atoms with Gasteiger partial charge in [0.1, 0.15) is 5.82 Å². The van der Waals surface area contributed by atoms with Crippen molar-refractivity contribution < 1.29 is 19.1 Å². The third-order valence-corrected chi connectivity index (χ3v) is 2.70. The highest BCUT2D eigenvalue weighted by Gasteiger charge is 2.28. The molecule has 6 heteroatoms. The Kier molecular flexibility index (Phi) is 3.57. The van der Waals surface area contributed by atoms with E-state index >= 15 is 0 Å². The van der Waals surface area contributed by atoms with Gasteiger partial charge in [-0.3, -0.25) is 9.59 Å². The molecule has 1 aromatic rings. The third-order valence-electron chi connectivity index (χ3n) is 2.70. The van der Waals surface area contributed by atoms with Gasteiger partial charge < -0.3 is 15.3 Å². The topological polar surface area (TPSA) is 69.6 Å². The van der Waals surface area contributed by atoms with Gasteiger partial charge in [0.05, 0.1) is 12.6 Å². The average Bonchev–Trinajstić information content (AvgIpc) is 2.31. The molecule has 1 aromatic carbocycles. The molecule has 1 heterocycles. The molecule has 2 amide bonds. The van der Waals surface area contributed by atoms with Gasteiger partial charge in [-0.25, -0.2) is 4.39 Å². The number of rotatable bonds is 3. The molecular weight excluding hydrogens is 239 g/mol. The molecule has 1 aliphatic heterocycles. The van der Waals surface area contributed by atoms with Gasteiger partial charge in [-0.1, -0.05) is 6.07 Å². The molecule has 96 valence electrons. The van der Waals surface area contributed by atoms with Crippen LogP contribution in [0.2, 0.25) is 0 Å². The molecule has 2 rings (SSSR count). The molecule has 0 bridgehead atoms. The molecule has 1 fully saturated rings. The Morgan fingerprint density at radius 2 is 2.17 bits per heavy atom. The lowest BCUT2D eigenvalue weighted by Gasteiger charge is -2.35. The Balaban J connectivity index is 1.83. The van der Waals surface area contributed by atoms with Crippen LogP contribution in [0, 0.1) is 5.82 Å². The number of carbonyl (C=O) groups excluding carboxylic acids is 2. The Hall–Kier alpha value is -1.95. The highest BCUT2D eigenvalue weighted by Crippen LogP contribution is 2.07. The van der Waals surface area contributed by atoms with Crippen molar-refractivity contribution in [2.75, 3.05) is 19.6 Å². The highest BCUT2D eigenvalue weighted by atomic mass is 19.1. The van der Waals surface area contributed by atoms with E-state index in [0.29, 0.717) is 13.1 Å². The van der Waals surface area contributed by atoms with Gasteiger partial charge in [-0.2, -0.15) is 0 Å². The number of nitrogens with zero attached hydrogens (tertiary/aromatic N) is 1. The van der Waals surface area contributed by atoms with Gasteiger partial charge in [0.15, 0.2) is 0 Å². The van der Waals surface area contributed by atoms with E-state index < -0.39 is 17.8 Å². The Bertz CT molecular complexity index is 472. The summed E-state index contributed by atoms with van der Waals surface area (Å²) >= 11 is 0. The number of carbonyl (C=O) groups is 2. The predicted molar refractivity (Wildman–Crippen MR) is 61.3 cm³/mol. The Morgan fingerprint density at radius 1 is 1.44 bits per heavy atom. The zero-order chi connectivity index (χ0) is 13.1. The Labute approximate surface area is 103 Å². The zero-order valence-electron chi connectivity index (χ0n) is 9.60. The van der Waals surface area contributed by atoms with Crippen LogP contribution in [0.25, 0.3) is 0 Å². The summed E-state index contributed by atoms with van der Waals surface area (Å²) in [6.45, 7) is 0.450.